The molecule has 1 amide bonds. The Bertz CT molecular complexity index is 982. The highest BCUT2D eigenvalue weighted by Gasteiger charge is 2.29. The summed E-state index contributed by atoms with van der Waals surface area (Å²) in [4.78, 5) is 21.8. The number of likely N-dealkylation sites (tertiary alicyclic amines) is 1. The molecule has 3 aromatic rings. The van der Waals surface area contributed by atoms with Gasteiger partial charge in [0, 0.05) is 25.2 Å². The molecule has 1 fully saturated rings. The molecule has 6 heteroatoms. The first-order valence-electron chi connectivity index (χ1n) is 9.58. The molecule has 1 atom stereocenters. The molecule has 0 N–H and O–H groups in total. The van der Waals surface area contributed by atoms with E-state index in [0.29, 0.717) is 5.82 Å². The maximum Gasteiger partial charge on any atom is 0.293 e. The van der Waals surface area contributed by atoms with Crippen molar-refractivity contribution in [1.29, 1.82) is 0 Å². The van der Waals surface area contributed by atoms with Crippen molar-refractivity contribution in [3.63, 3.8) is 0 Å². The number of hydrogen-bond acceptors (Lipinski definition) is 4. The first-order chi connectivity index (χ1) is 13.5. The highest BCUT2D eigenvalue weighted by atomic mass is 16.2. The number of nitrogens with zero attached hydrogens (tertiary/aromatic N) is 5. The van der Waals surface area contributed by atoms with E-state index in [2.05, 4.69) is 22.0 Å². The fourth-order valence-electron chi connectivity index (χ4n) is 3.67. The van der Waals surface area contributed by atoms with E-state index in [-0.39, 0.29) is 17.8 Å². The van der Waals surface area contributed by atoms with Crippen molar-refractivity contribution in [2.45, 2.75) is 19.4 Å². The summed E-state index contributed by atoms with van der Waals surface area (Å²) in [5, 5.41) is 4.61. The van der Waals surface area contributed by atoms with Gasteiger partial charge in [-0.3, -0.25) is 4.79 Å². The number of rotatable bonds is 4. The zero-order valence-corrected chi connectivity index (χ0v) is 16.5. The van der Waals surface area contributed by atoms with E-state index in [1.54, 1.807) is 9.58 Å². The molecule has 0 spiro atoms. The third-order valence-electron chi connectivity index (χ3n) is 5.31. The summed E-state index contributed by atoms with van der Waals surface area (Å²) >= 11 is 0. The lowest BCUT2D eigenvalue weighted by Crippen LogP contribution is -2.39. The second kappa shape index (κ2) is 7.56. The SMILES string of the molecule is Cc1cccc(-n2nc(C(=O)N(C)[C@@H]3CCN(C)C3)nc2-c2ccccc2)c1. The molecule has 0 aliphatic carbocycles. The van der Waals surface area contributed by atoms with E-state index < -0.39 is 0 Å². The summed E-state index contributed by atoms with van der Waals surface area (Å²) in [6, 6.07) is 18.1. The Labute approximate surface area is 165 Å². The lowest BCUT2D eigenvalue weighted by atomic mass is 10.2. The molecule has 1 aliphatic rings. The number of aromatic nitrogens is 3. The van der Waals surface area contributed by atoms with Gasteiger partial charge < -0.3 is 9.80 Å². The van der Waals surface area contributed by atoms with Crippen molar-refractivity contribution in [3.8, 4) is 17.1 Å². The highest BCUT2D eigenvalue weighted by molar-refractivity contribution is 5.91. The Hall–Kier alpha value is -2.99. The summed E-state index contributed by atoms with van der Waals surface area (Å²) in [6.07, 6.45) is 0.975. The zero-order chi connectivity index (χ0) is 19.7. The number of carbonyl (C=O) groups is 1. The van der Waals surface area contributed by atoms with Gasteiger partial charge in [0.1, 0.15) is 0 Å². The minimum atomic E-state index is -0.135. The van der Waals surface area contributed by atoms with Gasteiger partial charge in [0.25, 0.3) is 5.91 Å². The second-order valence-corrected chi connectivity index (χ2v) is 7.50. The van der Waals surface area contributed by atoms with Gasteiger partial charge in [-0.1, -0.05) is 42.5 Å². The first-order valence-corrected chi connectivity index (χ1v) is 9.58. The van der Waals surface area contributed by atoms with Gasteiger partial charge in [-0.2, -0.15) is 0 Å². The number of carbonyl (C=O) groups excluding carboxylic acids is 1. The van der Waals surface area contributed by atoms with Crippen LogP contribution in [0, 0.1) is 6.92 Å². The van der Waals surface area contributed by atoms with Crippen LogP contribution in [0.4, 0.5) is 0 Å². The van der Waals surface area contributed by atoms with Gasteiger partial charge in [0.2, 0.25) is 5.82 Å². The van der Waals surface area contributed by atoms with Gasteiger partial charge in [0.05, 0.1) is 5.69 Å². The molecule has 144 valence electrons. The summed E-state index contributed by atoms with van der Waals surface area (Å²) in [5.74, 6) is 0.771. The average Bonchev–Trinajstić information content (AvgIpc) is 3.34. The van der Waals surface area contributed by atoms with Crippen LogP contribution in [-0.4, -0.2) is 63.7 Å². The van der Waals surface area contributed by atoms with Crippen LogP contribution in [0.1, 0.15) is 22.6 Å². The van der Waals surface area contributed by atoms with Crippen molar-refractivity contribution in [2.24, 2.45) is 0 Å². The van der Waals surface area contributed by atoms with Gasteiger partial charge in [-0.05, 0) is 44.6 Å². The number of benzene rings is 2. The van der Waals surface area contributed by atoms with Gasteiger partial charge >= 0.3 is 0 Å². The molecule has 4 rings (SSSR count). The smallest absolute Gasteiger partial charge is 0.293 e. The van der Waals surface area contributed by atoms with Crippen molar-refractivity contribution < 1.29 is 4.79 Å². The summed E-state index contributed by atoms with van der Waals surface area (Å²) in [6.45, 7) is 3.92. The van der Waals surface area contributed by atoms with Crippen LogP contribution in [0.5, 0.6) is 0 Å². The van der Waals surface area contributed by atoms with E-state index in [9.17, 15) is 4.79 Å². The topological polar surface area (TPSA) is 54.3 Å². The predicted octanol–water partition coefficient (Wildman–Crippen LogP) is 3.02. The van der Waals surface area contributed by atoms with Gasteiger partial charge in [-0.15, -0.1) is 5.10 Å². The minimum absolute atomic E-state index is 0.135. The molecule has 0 radical (unpaired) electrons. The van der Waals surface area contributed by atoms with E-state index in [1.807, 2.05) is 68.6 Å². The largest absolute Gasteiger partial charge is 0.335 e. The van der Waals surface area contributed by atoms with Crippen LogP contribution in [0.2, 0.25) is 0 Å². The summed E-state index contributed by atoms with van der Waals surface area (Å²) < 4.78 is 1.77. The van der Waals surface area contributed by atoms with Crippen LogP contribution >= 0.6 is 0 Å². The van der Waals surface area contributed by atoms with Crippen molar-refractivity contribution in [2.75, 3.05) is 27.2 Å². The molecular weight excluding hydrogens is 350 g/mol. The quantitative estimate of drug-likeness (QED) is 0.703. The van der Waals surface area contributed by atoms with Crippen molar-refractivity contribution in [3.05, 3.63) is 66.0 Å². The molecule has 1 aliphatic heterocycles. The minimum Gasteiger partial charge on any atom is -0.335 e. The third kappa shape index (κ3) is 3.55. The Morgan fingerprint density at radius 3 is 2.61 bits per heavy atom. The monoisotopic (exact) mass is 375 g/mol. The van der Waals surface area contributed by atoms with Crippen molar-refractivity contribution in [1.82, 2.24) is 24.6 Å². The number of amides is 1. The molecular formula is C22H25N5O. The number of aryl methyl sites for hydroxylation is 1. The fraction of sp³-hybridized carbons (Fsp3) is 0.318. The van der Waals surface area contributed by atoms with E-state index in [1.165, 1.54) is 0 Å². The second-order valence-electron chi connectivity index (χ2n) is 7.50. The Kier molecular flexibility index (Phi) is 4.96. The van der Waals surface area contributed by atoms with Crippen LogP contribution in [-0.2, 0) is 0 Å². The van der Waals surface area contributed by atoms with Crippen LogP contribution in [0.3, 0.4) is 0 Å². The van der Waals surface area contributed by atoms with Gasteiger partial charge in [0.15, 0.2) is 5.82 Å². The van der Waals surface area contributed by atoms with Crippen molar-refractivity contribution >= 4 is 5.91 Å². The molecule has 0 bridgehead atoms. The average molecular weight is 375 g/mol. The molecule has 1 saturated heterocycles. The number of likely N-dealkylation sites (N-methyl/N-ethyl adjacent to an activating group) is 2. The van der Waals surface area contributed by atoms with E-state index >= 15 is 0 Å². The molecule has 2 aromatic carbocycles. The molecule has 1 aromatic heterocycles. The van der Waals surface area contributed by atoms with E-state index in [4.69, 9.17) is 0 Å². The predicted molar refractivity (Wildman–Crippen MR) is 110 cm³/mol. The maximum atomic E-state index is 13.1. The lowest BCUT2D eigenvalue weighted by molar-refractivity contribution is 0.0725. The fourth-order valence-corrected chi connectivity index (χ4v) is 3.67. The highest BCUT2D eigenvalue weighted by Crippen LogP contribution is 2.23. The maximum absolute atomic E-state index is 13.1. The number of hydrogen-bond donors (Lipinski definition) is 0. The Morgan fingerprint density at radius 2 is 1.93 bits per heavy atom. The summed E-state index contributed by atoms with van der Waals surface area (Å²) in [7, 11) is 3.93. The standard InChI is InChI=1S/C22H25N5O/c1-16-8-7-11-18(14-16)27-21(17-9-5-4-6-10-17)23-20(24-27)22(28)26(3)19-12-13-25(2)15-19/h4-11,14,19H,12-13,15H2,1-3H3/t19-/m1/s1. The van der Waals surface area contributed by atoms with Gasteiger partial charge in [-0.25, -0.2) is 9.67 Å². The molecule has 0 saturated carbocycles. The zero-order valence-electron chi connectivity index (χ0n) is 16.5. The molecule has 6 nitrogen and oxygen atoms in total. The Balaban J connectivity index is 1.74. The Morgan fingerprint density at radius 1 is 1.14 bits per heavy atom. The van der Waals surface area contributed by atoms with Crippen LogP contribution < -0.4 is 0 Å². The third-order valence-corrected chi connectivity index (χ3v) is 5.31. The first kappa shape index (κ1) is 18.4. The normalized spacial score (nSPS) is 17.0. The summed E-state index contributed by atoms with van der Waals surface area (Å²) in [5.41, 5.74) is 2.96. The molecule has 0 unspecified atom stereocenters. The van der Waals surface area contributed by atoms with Crippen LogP contribution in [0.15, 0.2) is 54.6 Å². The lowest BCUT2D eigenvalue weighted by Gasteiger charge is -2.22. The molecule has 2 heterocycles. The molecule has 28 heavy (non-hydrogen) atoms. The van der Waals surface area contributed by atoms with Crippen LogP contribution in [0.25, 0.3) is 17.1 Å². The van der Waals surface area contributed by atoms with E-state index in [0.717, 1.165) is 36.3 Å².